The summed E-state index contributed by atoms with van der Waals surface area (Å²) in [5, 5.41) is 0. The predicted octanol–water partition coefficient (Wildman–Crippen LogP) is 3.93. The Morgan fingerprint density at radius 2 is 1.16 bits per heavy atom. The number of halogens is 6. The number of benzene rings is 1. The highest BCUT2D eigenvalue weighted by atomic mass is 19.4. The fraction of sp³-hybridized carbons (Fsp3) is 0.500. The lowest BCUT2D eigenvalue weighted by Crippen LogP contribution is -2.33. The van der Waals surface area contributed by atoms with Crippen LogP contribution in [0.1, 0.15) is 16.7 Å². The molecule has 0 aromatic heterocycles. The molecular formula is C12H14F6N+. The van der Waals surface area contributed by atoms with Crippen molar-refractivity contribution in [3.63, 3.8) is 0 Å². The second-order valence-corrected chi connectivity index (χ2v) is 5.36. The van der Waals surface area contributed by atoms with Crippen molar-refractivity contribution in [3.8, 4) is 0 Å². The quantitative estimate of drug-likeness (QED) is 0.571. The average molecular weight is 286 g/mol. The van der Waals surface area contributed by atoms with Gasteiger partial charge in [0.1, 0.15) is 6.54 Å². The van der Waals surface area contributed by atoms with Crippen LogP contribution in [0.25, 0.3) is 0 Å². The van der Waals surface area contributed by atoms with Gasteiger partial charge in [-0.2, -0.15) is 26.3 Å². The van der Waals surface area contributed by atoms with Crippen molar-refractivity contribution in [2.75, 3.05) is 21.1 Å². The second-order valence-electron chi connectivity index (χ2n) is 5.36. The van der Waals surface area contributed by atoms with Crippen molar-refractivity contribution in [1.29, 1.82) is 0 Å². The third kappa shape index (κ3) is 4.74. The van der Waals surface area contributed by atoms with Crippen LogP contribution in [0.4, 0.5) is 26.3 Å². The summed E-state index contributed by atoms with van der Waals surface area (Å²) in [6.07, 6.45) is -9.58. The van der Waals surface area contributed by atoms with Crippen molar-refractivity contribution in [2.45, 2.75) is 18.9 Å². The molecule has 1 aromatic carbocycles. The molecule has 0 spiro atoms. The molecule has 1 rings (SSSR count). The molecule has 0 amide bonds. The van der Waals surface area contributed by atoms with Crippen LogP contribution in [0.5, 0.6) is 0 Å². The molecule has 1 nitrogen and oxygen atoms in total. The highest BCUT2D eigenvalue weighted by Gasteiger charge is 2.37. The van der Waals surface area contributed by atoms with Gasteiger partial charge in [-0.15, -0.1) is 0 Å². The minimum absolute atomic E-state index is 0.00894. The second kappa shape index (κ2) is 4.70. The van der Waals surface area contributed by atoms with Gasteiger partial charge in [-0.05, 0) is 18.2 Å². The van der Waals surface area contributed by atoms with Crippen LogP contribution in [0.3, 0.4) is 0 Å². The van der Waals surface area contributed by atoms with E-state index in [1.165, 1.54) is 0 Å². The SMILES string of the molecule is C[N+](C)(C)Cc1cc(C(F)(F)F)cc(C(F)(F)F)c1. The Morgan fingerprint density at radius 3 is 1.42 bits per heavy atom. The summed E-state index contributed by atoms with van der Waals surface area (Å²) in [6.45, 7) is 0.0764. The molecule has 0 N–H and O–H groups in total. The first-order valence-electron chi connectivity index (χ1n) is 5.38. The number of hydrogen-bond acceptors (Lipinski definition) is 0. The van der Waals surface area contributed by atoms with Gasteiger partial charge in [0.15, 0.2) is 0 Å². The maximum Gasteiger partial charge on any atom is 0.416 e. The van der Waals surface area contributed by atoms with Crippen molar-refractivity contribution in [1.82, 2.24) is 0 Å². The summed E-state index contributed by atoms with van der Waals surface area (Å²) < 4.78 is 75.8. The van der Waals surface area contributed by atoms with E-state index in [0.717, 1.165) is 12.1 Å². The summed E-state index contributed by atoms with van der Waals surface area (Å²) in [6, 6.07) is 1.66. The molecule has 0 heterocycles. The van der Waals surface area contributed by atoms with Crippen molar-refractivity contribution in [3.05, 3.63) is 34.9 Å². The predicted molar refractivity (Wildman–Crippen MR) is 58.2 cm³/mol. The Kier molecular flexibility index (Phi) is 3.91. The minimum atomic E-state index is -4.79. The van der Waals surface area contributed by atoms with Gasteiger partial charge in [0.25, 0.3) is 0 Å². The Morgan fingerprint density at radius 1 is 0.789 bits per heavy atom. The fourth-order valence-corrected chi connectivity index (χ4v) is 1.66. The van der Waals surface area contributed by atoms with E-state index in [2.05, 4.69) is 0 Å². The zero-order valence-corrected chi connectivity index (χ0v) is 10.7. The molecule has 0 fully saturated rings. The van der Waals surface area contributed by atoms with Crippen LogP contribution in [0.15, 0.2) is 18.2 Å². The van der Waals surface area contributed by atoms with E-state index in [0.29, 0.717) is 0 Å². The molecule has 0 aliphatic heterocycles. The van der Waals surface area contributed by atoms with Crippen LogP contribution >= 0.6 is 0 Å². The van der Waals surface area contributed by atoms with Gasteiger partial charge < -0.3 is 4.48 Å². The highest BCUT2D eigenvalue weighted by molar-refractivity contribution is 5.33. The summed E-state index contributed by atoms with van der Waals surface area (Å²) in [7, 11) is 5.06. The Hall–Kier alpha value is -1.24. The van der Waals surface area contributed by atoms with E-state index in [1.54, 1.807) is 21.1 Å². The maximum absolute atomic E-state index is 12.6. The largest absolute Gasteiger partial charge is 0.416 e. The number of quaternary nitrogens is 1. The van der Waals surface area contributed by atoms with Crippen LogP contribution < -0.4 is 0 Å². The minimum Gasteiger partial charge on any atom is -0.327 e. The lowest BCUT2D eigenvalue weighted by Gasteiger charge is -2.25. The molecule has 0 saturated carbocycles. The maximum atomic E-state index is 12.6. The smallest absolute Gasteiger partial charge is 0.327 e. The standard InChI is InChI=1S/C12H14F6N/c1-19(2,3)7-8-4-9(11(13,14)15)6-10(5-8)12(16,17)18/h4-6H,7H2,1-3H3/q+1. The molecule has 0 radical (unpaired) electrons. The van der Waals surface area contributed by atoms with Crippen LogP contribution in [0.2, 0.25) is 0 Å². The fourth-order valence-electron chi connectivity index (χ4n) is 1.66. The van der Waals surface area contributed by atoms with Crippen molar-refractivity contribution >= 4 is 0 Å². The van der Waals surface area contributed by atoms with Gasteiger partial charge in [-0.1, -0.05) is 0 Å². The molecular weight excluding hydrogens is 272 g/mol. The molecule has 0 atom stereocenters. The van der Waals surface area contributed by atoms with Gasteiger partial charge in [-0.25, -0.2) is 0 Å². The Balaban J connectivity index is 3.33. The number of alkyl halides is 6. The molecule has 1 aromatic rings. The first kappa shape index (κ1) is 15.8. The van der Waals surface area contributed by atoms with Gasteiger partial charge in [-0.3, -0.25) is 0 Å². The van der Waals surface area contributed by atoms with E-state index in [9.17, 15) is 26.3 Å². The van der Waals surface area contributed by atoms with E-state index in [-0.39, 0.29) is 22.7 Å². The Labute approximate surface area is 107 Å². The number of rotatable bonds is 2. The molecule has 0 saturated heterocycles. The van der Waals surface area contributed by atoms with Crippen LogP contribution in [0, 0.1) is 0 Å². The van der Waals surface area contributed by atoms with Gasteiger partial charge in [0.05, 0.1) is 32.3 Å². The van der Waals surface area contributed by atoms with E-state index in [1.807, 2.05) is 0 Å². The van der Waals surface area contributed by atoms with Gasteiger partial charge in [0, 0.05) is 5.56 Å². The van der Waals surface area contributed by atoms with Crippen molar-refractivity contribution < 1.29 is 30.8 Å². The third-order valence-corrected chi connectivity index (χ3v) is 2.30. The number of nitrogens with zero attached hydrogens (tertiary/aromatic N) is 1. The van der Waals surface area contributed by atoms with Crippen LogP contribution in [-0.2, 0) is 18.9 Å². The topological polar surface area (TPSA) is 0 Å². The zero-order valence-electron chi connectivity index (χ0n) is 10.7. The molecule has 19 heavy (non-hydrogen) atoms. The third-order valence-electron chi connectivity index (χ3n) is 2.30. The molecule has 0 unspecified atom stereocenters. The summed E-state index contributed by atoms with van der Waals surface area (Å²) in [4.78, 5) is 0. The molecule has 0 aliphatic rings. The molecule has 0 bridgehead atoms. The molecule has 0 aliphatic carbocycles. The lowest BCUT2D eigenvalue weighted by atomic mass is 10.0. The molecule has 108 valence electrons. The lowest BCUT2D eigenvalue weighted by molar-refractivity contribution is -0.884. The van der Waals surface area contributed by atoms with E-state index >= 15 is 0 Å². The molecule has 7 heteroatoms. The summed E-state index contributed by atoms with van der Waals surface area (Å²) in [5.74, 6) is 0. The first-order valence-corrected chi connectivity index (χ1v) is 5.38. The first-order chi connectivity index (χ1) is 8.29. The average Bonchev–Trinajstić information content (AvgIpc) is 2.11. The van der Waals surface area contributed by atoms with Crippen LogP contribution in [-0.4, -0.2) is 25.6 Å². The van der Waals surface area contributed by atoms with E-state index < -0.39 is 23.5 Å². The zero-order chi connectivity index (χ0) is 15.1. The number of hydrogen-bond donors (Lipinski definition) is 0. The van der Waals surface area contributed by atoms with E-state index in [4.69, 9.17) is 0 Å². The normalized spacial score (nSPS) is 13.7. The summed E-state index contributed by atoms with van der Waals surface area (Å²) >= 11 is 0. The monoisotopic (exact) mass is 286 g/mol. The van der Waals surface area contributed by atoms with Crippen molar-refractivity contribution in [2.24, 2.45) is 0 Å². The van der Waals surface area contributed by atoms with Gasteiger partial charge >= 0.3 is 12.4 Å². The van der Waals surface area contributed by atoms with Gasteiger partial charge in [0.2, 0.25) is 0 Å². The highest BCUT2D eigenvalue weighted by Crippen LogP contribution is 2.36. The summed E-state index contributed by atoms with van der Waals surface area (Å²) in [5.41, 5.74) is -2.54. The Bertz CT molecular complexity index is 421.